The molecule has 0 aromatic carbocycles. The van der Waals surface area contributed by atoms with E-state index in [1.165, 1.54) is 16.2 Å². The first-order valence-corrected chi connectivity index (χ1v) is 10.0. The molecule has 5 rings (SSSR count). The first kappa shape index (κ1) is 14.8. The van der Waals surface area contributed by atoms with Crippen LogP contribution >= 0.6 is 34.0 Å². The number of hydrogen-bond donors (Lipinski definition) is 2. The van der Waals surface area contributed by atoms with Gasteiger partial charge in [0.15, 0.2) is 0 Å². The van der Waals surface area contributed by atoms with E-state index in [2.05, 4.69) is 38.9 Å². The molecule has 0 amide bonds. The fourth-order valence-electron chi connectivity index (χ4n) is 2.85. The van der Waals surface area contributed by atoms with Crippen LogP contribution in [0.1, 0.15) is 0 Å². The number of nitrogens with zero attached hydrogens (tertiary/aromatic N) is 3. The van der Waals surface area contributed by atoms with E-state index in [-0.39, 0.29) is 5.95 Å². The Bertz CT molecular complexity index is 1210. The summed E-state index contributed by atoms with van der Waals surface area (Å²) < 4.78 is 0.831. The Balaban J connectivity index is 1.95. The van der Waals surface area contributed by atoms with Gasteiger partial charge in [0.2, 0.25) is 5.95 Å². The lowest BCUT2D eigenvalue weighted by atomic mass is 10.1. The Morgan fingerprint density at radius 3 is 2.36 bits per heavy atom. The highest BCUT2D eigenvalue weighted by molar-refractivity contribution is 7.26. The average molecular weight is 382 g/mol. The number of rotatable bonds is 2. The number of thiophene rings is 3. The number of anilines is 2. The Morgan fingerprint density at radius 2 is 1.64 bits per heavy atom. The highest BCUT2D eigenvalue weighted by Gasteiger charge is 2.19. The molecule has 0 fully saturated rings. The molecule has 0 atom stereocenters. The Labute approximate surface area is 154 Å². The molecule has 0 aliphatic rings. The zero-order valence-electron chi connectivity index (χ0n) is 12.8. The molecule has 0 unspecified atom stereocenters. The van der Waals surface area contributed by atoms with Gasteiger partial charge in [-0.3, -0.25) is 0 Å². The maximum atomic E-state index is 6.08. The number of nitrogen functional groups attached to an aromatic ring is 2. The molecule has 0 aliphatic carbocycles. The van der Waals surface area contributed by atoms with Gasteiger partial charge in [-0.25, -0.2) is 9.97 Å². The van der Waals surface area contributed by atoms with Crippen molar-refractivity contribution in [3.63, 3.8) is 0 Å². The molecular formula is C17H11N5S3. The van der Waals surface area contributed by atoms with Crippen molar-refractivity contribution in [3.05, 3.63) is 41.1 Å². The zero-order chi connectivity index (χ0) is 17.0. The van der Waals surface area contributed by atoms with E-state index in [9.17, 15) is 0 Å². The number of hydrogen-bond acceptors (Lipinski definition) is 8. The minimum absolute atomic E-state index is 0.184. The summed E-state index contributed by atoms with van der Waals surface area (Å²) >= 11 is 4.88. The predicted octanol–water partition coefficient (Wildman–Crippen LogP) is 4.86. The topological polar surface area (TPSA) is 90.7 Å². The van der Waals surface area contributed by atoms with E-state index in [1.54, 1.807) is 22.7 Å². The number of nitrogens with two attached hydrogens (primary N) is 2. The molecule has 8 heteroatoms. The summed E-state index contributed by atoms with van der Waals surface area (Å²) in [5, 5.41) is 5.11. The van der Waals surface area contributed by atoms with Crippen LogP contribution in [0.5, 0.6) is 0 Å². The quantitative estimate of drug-likeness (QED) is 0.456. The lowest BCUT2D eigenvalue weighted by Crippen LogP contribution is -1.98. The number of aromatic nitrogens is 3. The smallest absolute Gasteiger partial charge is 0.222 e. The van der Waals surface area contributed by atoms with Crippen molar-refractivity contribution < 1.29 is 0 Å². The summed E-state index contributed by atoms with van der Waals surface area (Å²) in [7, 11) is 0. The first-order chi connectivity index (χ1) is 12.2. The van der Waals surface area contributed by atoms with Gasteiger partial charge in [-0.15, -0.1) is 34.0 Å². The van der Waals surface area contributed by atoms with Gasteiger partial charge in [0.25, 0.3) is 0 Å². The highest BCUT2D eigenvalue weighted by Crippen LogP contribution is 2.43. The van der Waals surface area contributed by atoms with Gasteiger partial charge < -0.3 is 11.5 Å². The van der Waals surface area contributed by atoms with E-state index in [1.807, 2.05) is 12.1 Å². The molecule has 5 heterocycles. The fraction of sp³-hybridized carbons (Fsp3) is 0. The average Bonchev–Trinajstić information content (AvgIpc) is 3.34. The van der Waals surface area contributed by atoms with Crippen molar-refractivity contribution in [1.29, 1.82) is 0 Å². The van der Waals surface area contributed by atoms with Crippen LogP contribution < -0.4 is 11.5 Å². The van der Waals surface area contributed by atoms with Crippen LogP contribution in [0, 0.1) is 0 Å². The van der Waals surface area contributed by atoms with Gasteiger partial charge in [0, 0.05) is 15.8 Å². The van der Waals surface area contributed by atoms with E-state index in [4.69, 9.17) is 16.5 Å². The third-order valence-corrected chi connectivity index (χ3v) is 6.78. The van der Waals surface area contributed by atoms with Crippen LogP contribution in [0.2, 0.25) is 0 Å². The first-order valence-electron chi connectivity index (χ1n) is 7.44. The van der Waals surface area contributed by atoms with E-state index < -0.39 is 0 Å². The molecule has 5 nitrogen and oxygen atoms in total. The van der Waals surface area contributed by atoms with Crippen LogP contribution in [0.3, 0.4) is 0 Å². The van der Waals surface area contributed by atoms with E-state index in [0.717, 1.165) is 36.6 Å². The SMILES string of the molecule is Nc1nc(N)c2sc3nc(-c4cccs4)cc(-c4cccs4)c3c2n1. The van der Waals surface area contributed by atoms with Crippen LogP contribution in [0.4, 0.5) is 11.8 Å². The summed E-state index contributed by atoms with van der Waals surface area (Å²) in [6.07, 6.45) is 0. The molecular weight excluding hydrogens is 370 g/mol. The largest absolute Gasteiger partial charge is 0.382 e. The van der Waals surface area contributed by atoms with E-state index >= 15 is 0 Å². The summed E-state index contributed by atoms with van der Waals surface area (Å²) in [5.74, 6) is 0.587. The molecule has 0 saturated carbocycles. The van der Waals surface area contributed by atoms with Crippen LogP contribution in [-0.2, 0) is 0 Å². The summed E-state index contributed by atoms with van der Waals surface area (Å²) in [5.41, 5.74) is 14.8. The van der Waals surface area contributed by atoms with Gasteiger partial charge in [-0.05, 0) is 29.0 Å². The minimum atomic E-state index is 0.184. The molecule has 4 N–H and O–H groups in total. The fourth-order valence-corrected chi connectivity index (χ4v) is 5.33. The van der Waals surface area contributed by atoms with Crippen molar-refractivity contribution in [2.45, 2.75) is 0 Å². The second kappa shape index (κ2) is 5.48. The lowest BCUT2D eigenvalue weighted by molar-refractivity contribution is 1.26. The molecule has 0 aliphatic heterocycles. The predicted molar refractivity (Wildman–Crippen MR) is 108 cm³/mol. The van der Waals surface area contributed by atoms with Crippen LogP contribution in [-0.4, -0.2) is 15.0 Å². The second-order valence-electron chi connectivity index (χ2n) is 5.44. The van der Waals surface area contributed by atoms with Gasteiger partial charge in [-0.1, -0.05) is 12.1 Å². The van der Waals surface area contributed by atoms with Gasteiger partial charge in [-0.2, -0.15) is 4.98 Å². The molecule has 25 heavy (non-hydrogen) atoms. The Morgan fingerprint density at radius 1 is 0.880 bits per heavy atom. The molecule has 0 bridgehead atoms. The summed E-state index contributed by atoms with van der Waals surface area (Å²) in [4.78, 5) is 16.6. The van der Waals surface area contributed by atoms with Crippen molar-refractivity contribution >= 4 is 66.2 Å². The summed E-state index contributed by atoms with van der Waals surface area (Å²) in [6, 6.07) is 10.4. The van der Waals surface area contributed by atoms with Gasteiger partial charge in [0.1, 0.15) is 10.6 Å². The molecule has 0 spiro atoms. The number of pyridine rings is 1. The highest BCUT2D eigenvalue weighted by atomic mass is 32.1. The monoisotopic (exact) mass is 381 g/mol. The maximum Gasteiger partial charge on any atom is 0.222 e. The van der Waals surface area contributed by atoms with Crippen molar-refractivity contribution in [1.82, 2.24) is 15.0 Å². The Hall–Kier alpha value is -2.55. The molecule has 0 radical (unpaired) electrons. The lowest BCUT2D eigenvalue weighted by Gasteiger charge is -2.05. The third-order valence-electron chi connectivity index (χ3n) is 3.89. The molecule has 122 valence electrons. The van der Waals surface area contributed by atoms with Crippen molar-refractivity contribution in [2.75, 3.05) is 11.5 Å². The van der Waals surface area contributed by atoms with Crippen LogP contribution in [0.25, 0.3) is 41.4 Å². The molecule has 0 saturated heterocycles. The minimum Gasteiger partial charge on any atom is -0.382 e. The van der Waals surface area contributed by atoms with Crippen LogP contribution in [0.15, 0.2) is 41.1 Å². The Kier molecular flexibility index (Phi) is 3.24. The number of fused-ring (bicyclic) bond motifs is 3. The zero-order valence-corrected chi connectivity index (χ0v) is 15.2. The maximum absolute atomic E-state index is 6.08. The third kappa shape index (κ3) is 2.30. The van der Waals surface area contributed by atoms with Crippen molar-refractivity contribution in [2.24, 2.45) is 0 Å². The second-order valence-corrected chi connectivity index (χ2v) is 8.33. The standard InChI is InChI=1S/C17H11N5S3/c18-15-14-13(21-17(19)22-15)12-8(10-3-1-5-23-10)7-9(20-16(12)25-14)11-4-2-6-24-11/h1-7H,(H4,18,19,21,22). The van der Waals surface area contributed by atoms with E-state index in [0.29, 0.717) is 5.82 Å². The normalized spacial score (nSPS) is 11.5. The van der Waals surface area contributed by atoms with Gasteiger partial charge in [0.05, 0.1) is 20.8 Å². The molecule has 5 aromatic rings. The van der Waals surface area contributed by atoms with Gasteiger partial charge >= 0.3 is 0 Å². The van der Waals surface area contributed by atoms with Crippen molar-refractivity contribution in [3.8, 4) is 21.0 Å². The molecule has 5 aromatic heterocycles. The summed E-state index contributed by atoms with van der Waals surface area (Å²) in [6.45, 7) is 0.